The second-order valence-electron chi connectivity index (χ2n) is 7.24. The lowest BCUT2D eigenvalue weighted by atomic mass is 9.99. The minimum Gasteiger partial charge on any atom is -0.497 e. The zero-order chi connectivity index (χ0) is 22.7. The number of hydrazine groups is 1. The molecular formula is C24H20ClFN3O3+. The number of carbonyl (C=O) groups is 2. The lowest BCUT2D eigenvalue weighted by Crippen LogP contribution is -2.42. The van der Waals surface area contributed by atoms with E-state index in [9.17, 15) is 14.0 Å². The molecule has 1 aliphatic rings. The number of hydrazone groups is 1. The highest BCUT2D eigenvalue weighted by Gasteiger charge is 2.47. The summed E-state index contributed by atoms with van der Waals surface area (Å²) in [5, 5.41) is 3.33. The van der Waals surface area contributed by atoms with E-state index in [2.05, 4.69) is 10.7 Å². The van der Waals surface area contributed by atoms with Crippen LogP contribution in [0.5, 0.6) is 5.75 Å². The molecule has 0 saturated carbocycles. The van der Waals surface area contributed by atoms with Gasteiger partial charge in [0.25, 0.3) is 5.91 Å². The van der Waals surface area contributed by atoms with Crippen LogP contribution in [-0.2, 0) is 4.79 Å². The Balaban J connectivity index is 1.70. The SMILES string of the molecule is COc1cccc(/C=[N+]2\NC(=O)[C@@H](NC(=O)c3ccc(F)cc3)[C@@H]2c2ccc(Cl)cc2)c1. The summed E-state index contributed by atoms with van der Waals surface area (Å²) in [7, 11) is 1.58. The minimum atomic E-state index is -0.893. The first kappa shape index (κ1) is 21.5. The van der Waals surface area contributed by atoms with Gasteiger partial charge >= 0.3 is 5.91 Å². The maximum absolute atomic E-state index is 13.2. The predicted octanol–water partition coefficient (Wildman–Crippen LogP) is 3.50. The van der Waals surface area contributed by atoms with Crippen molar-refractivity contribution in [3.8, 4) is 5.75 Å². The molecule has 32 heavy (non-hydrogen) atoms. The maximum atomic E-state index is 13.2. The Bertz CT molecular complexity index is 1180. The zero-order valence-corrected chi connectivity index (χ0v) is 17.8. The van der Waals surface area contributed by atoms with E-state index in [1.54, 1.807) is 42.3 Å². The molecule has 1 saturated heterocycles. The van der Waals surface area contributed by atoms with Crippen molar-refractivity contribution in [3.05, 3.63) is 100 Å². The highest BCUT2D eigenvalue weighted by Crippen LogP contribution is 2.27. The van der Waals surface area contributed by atoms with Crippen LogP contribution >= 0.6 is 11.6 Å². The number of amides is 2. The Hall–Kier alpha value is -3.71. The second-order valence-corrected chi connectivity index (χ2v) is 7.68. The Morgan fingerprint density at radius 2 is 1.84 bits per heavy atom. The van der Waals surface area contributed by atoms with Gasteiger partial charge in [0, 0.05) is 21.7 Å². The third-order valence-corrected chi connectivity index (χ3v) is 5.38. The molecule has 4 rings (SSSR count). The first-order valence-corrected chi connectivity index (χ1v) is 10.2. The van der Waals surface area contributed by atoms with Gasteiger partial charge in [0.05, 0.1) is 7.11 Å². The van der Waals surface area contributed by atoms with Crippen molar-refractivity contribution < 1.29 is 23.4 Å². The summed E-state index contributed by atoms with van der Waals surface area (Å²) in [5.41, 5.74) is 4.64. The molecule has 0 aromatic heterocycles. The fourth-order valence-electron chi connectivity index (χ4n) is 3.55. The van der Waals surface area contributed by atoms with Gasteiger partial charge in [-0.1, -0.05) is 29.8 Å². The van der Waals surface area contributed by atoms with E-state index >= 15 is 0 Å². The summed E-state index contributed by atoms with van der Waals surface area (Å²) in [6.07, 6.45) is 1.77. The van der Waals surface area contributed by atoms with Gasteiger partial charge in [-0.2, -0.15) is 0 Å². The average molecular weight is 453 g/mol. The number of rotatable bonds is 5. The third kappa shape index (κ3) is 4.63. The van der Waals surface area contributed by atoms with Gasteiger partial charge in [0.15, 0.2) is 6.04 Å². The standard InChI is InChI=1S/C24H19ClFN3O3/c1-32-20-4-2-3-15(13-20)14-29-22(16-5-9-18(25)10-6-16)21(24(31)28-29)27-23(30)17-7-11-19(26)12-8-17/h2-14,21-22H,1H3,(H-,27,28,30,31)/p+1/b29-14-/t21-,22-/m0/s1. The Kier molecular flexibility index (Phi) is 6.18. The molecule has 1 heterocycles. The summed E-state index contributed by atoms with van der Waals surface area (Å²) >= 11 is 6.04. The number of hydrogen-bond acceptors (Lipinski definition) is 3. The molecule has 6 nitrogen and oxygen atoms in total. The number of ether oxygens (including phenoxy) is 1. The van der Waals surface area contributed by atoms with Crippen LogP contribution in [0.3, 0.4) is 0 Å². The predicted molar refractivity (Wildman–Crippen MR) is 118 cm³/mol. The van der Waals surface area contributed by atoms with Gasteiger partial charge < -0.3 is 10.1 Å². The van der Waals surface area contributed by atoms with Crippen molar-refractivity contribution in [1.82, 2.24) is 10.7 Å². The van der Waals surface area contributed by atoms with Crippen molar-refractivity contribution in [2.24, 2.45) is 0 Å². The molecule has 0 radical (unpaired) electrons. The Morgan fingerprint density at radius 1 is 1.12 bits per heavy atom. The van der Waals surface area contributed by atoms with Crippen LogP contribution in [0.25, 0.3) is 0 Å². The summed E-state index contributed by atoms with van der Waals surface area (Å²) in [5.74, 6) is -0.626. The van der Waals surface area contributed by atoms with E-state index in [0.717, 1.165) is 11.1 Å². The van der Waals surface area contributed by atoms with Crippen LogP contribution in [0.15, 0.2) is 72.8 Å². The van der Waals surface area contributed by atoms with Crippen molar-refractivity contribution in [2.45, 2.75) is 12.1 Å². The normalized spacial score (nSPS) is 19.0. The molecule has 3 aromatic rings. The molecule has 0 unspecified atom stereocenters. The molecule has 2 N–H and O–H groups in total. The van der Waals surface area contributed by atoms with Gasteiger partial charge in [0.2, 0.25) is 12.3 Å². The van der Waals surface area contributed by atoms with Gasteiger partial charge in [-0.25, -0.2) is 4.39 Å². The second kappa shape index (κ2) is 9.20. The number of benzene rings is 3. The van der Waals surface area contributed by atoms with Crippen LogP contribution < -0.4 is 15.5 Å². The molecule has 1 fully saturated rings. The lowest BCUT2D eigenvalue weighted by molar-refractivity contribution is -0.596. The zero-order valence-electron chi connectivity index (χ0n) is 17.1. The summed E-state index contributed by atoms with van der Waals surface area (Å²) < 4.78 is 20.1. The molecule has 3 aromatic carbocycles. The van der Waals surface area contributed by atoms with Crippen LogP contribution in [0.1, 0.15) is 27.5 Å². The maximum Gasteiger partial charge on any atom is 0.304 e. The van der Waals surface area contributed by atoms with Crippen molar-refractivity contribution in [3.63, 3.8) is 0 Å². The first-order chi connectivity index (χ1) is 15.4. The van der Waals surface area contributed by atoms with E-state index in [-0.39, 0.29) is 11.5 Å². The lowest BCUT2D eigenvalue weighted by Gasteiger charge is -2.15. The summed E-state index contributed by atoms with van der Waals surface area (Å²) in [4.78, 5) is 25.6. The van der Waals surface area contributed by atoms with Gasteiger partial charge in [-0.3, -0.25) is 9.59 Å². The Labute approximate surface area is 189 Å². The molecule has 1 aliphatic heterocycles. The number of nitrogens with zero attached hydrogens (tertiary/aromatic N) is 1. The molecule has 8 heteroatoms. The number of methoxy groups -OCH3 is 1. The van der Waals surface area contributed by atoms with Crippen molar-refractivity contribution in [1.29, 1.82) is 0 Å². The number of halogens is 2. The number of carbonyl (C=O) groups excluding carboxylic acids is 2. The van der Waals surface area contributed by atoms with Gasteiger partial charge in [0.1, 0.15) is 11.6 Å². The summed E-state index contributed by atoms with van der Waals surface area (Å²) in [6.45, 7) is 0. The average Bonchev–Trinajstić information content (AvgIpc) is 3.09. The van der Waals surface area contributed by atoms with E-state index in [4.69, 9.17) is 16.3 Å². The quantitative estimate of drug-likeness (QED) is 0.582. The minimum absolute atomic E-state index is 0.254. The van der Waals surface area contributed by atoms with E-state index in [0.29, 0.717) is 10.8 Å². The van der Waals surface area contributed by atoms with Crippen LogP contribution in [0.4, 0.5) is 4.39 Å². The monoisotopic (exact) mass is 452 g/mol. The van der Waals surface area contributed by atoms with E-state index in [1.165, 1.54) is 24.3 Å². The van der Waals surface area contributed by atoms with Gasteiger partial charge in [-0.15, -0.1) is 10.1 Å². The first-order valence-electron chi connectivity index (χ1n) is 9.84. The molecule has 2 atom stereocenters. The van der Waals surface area contributed by atoms with Crippen molar-refractivity contribution >= 4 is 29.6 Å². The Morgan fingerprint density at radius 3 is 2.53 bits per heavy atom. The molecular weight excluding hydrogens is 433 g/mol. The van der Waals surface area contributed by atoms with E-state index < -0.39 is 23.8 Å². The molecule has 162 valence electrons. The topological polar surface area (TPSA) is 70.4 Å². The van der Waals surface area contributed by atoms with Gasteiger partial charge in [-0.05, 0) is 54.6 Å². The third-order valence-electron chi connectivity index (χ3n) is 5.12. The number of hydrogen-bond donors (Lipinski definition) is 2. The van der Waals surface area contributed by atoms with Crippen LogP contribution in [0.2, 0.25) is 5.02 Å². The fraction of sp³-hybridized carbons (Fsp3) is 0.125. The van der Waals surface area contributed by atoms with E-state index in [1.807, 2.05) is 24.3 Å². The van der Waals surface area contributed by atoms with Crippen LogP contribution in [-0.4, -0.2) is 35.9 Å². The molecule has 0 aliphatic carbocycles. The largest absolute Gasteiger partial charge is 0.497 e. The number of nitrogens with one attached hydrogen (secondary N) is 2. The van der Waals surface area contributed by atoms with Crippen molar-refractivity contribution in [2.75, 3.05) is 7.11 Å². The summed E-state index contributed by atoms with van der Waals surface area (Å²) in [6, 6.07) is 18.1. The fourth-order valence-corrected chi connectivity index (χ4v) is 3.67. The van der Waals surface area contributed by atoms with Crippen LogP contribution in [0, 0.1) is 5.82 Å². The smallest absolute Gasteiger partial charge is 0.304 e. The highest BCUT2D eigenvalue weighted by atomic mass is 35.5. The molecule has 0 spiro atoms. The highest BCUT2D eigenvalue weighted by molar-refractivity contribution is 6.30. The molecule has 2 amide bonds. The molecule has 0 bridgehead atoms.